The number of hydrogen-bond acceptors (Lipinski definition) is 6. The van der Waals surface area contributed by atoms with Crippen molar-refractivity contribution in [3.8, 4) is 0 Å². The highest BCUT2D eigenvalue weighted by Crippen LogP contribution is 2.15. The highest BCUT2D eigenvalue weighted by molar-refractivity contribution is 5.98. The van der Waals surface area contributed by atoms with Gasteiger partial charge in [0.05, 0.1) is 19.6 Å². The number of rotatable bonds is 11. The number of unbranched alkanes of at least 4 members (excludes halogenated alkanes) is 1. The molecular formula is C27H34N4O5. The van der Waals surface area contributed by atoms with Crippen molar-refractivity contribution in [2.45, 2.75) is 38.8 Å². The Hall–Kier alpha value is -3.72. The molecule has 9 heteroatoms. The van der Waals surface area contributed by atoms with Crippen LogP contribution in [0.15, 0.2) is 54.6 Å². The molecule has 2 aromatic carbocycles. The first-order chi connectivity index (χ1) is 17.4. The van der Waals surface area contributed by atoms with E-state index in [-0.39, 0.29) is 30.7 Å². The summed E-state index contributed by atoms with van der Waals surface area (Å²) in [6, 6.07) is 15.7. The summed E-state index contributed by atoms with van der Waals surface area (Å²) in [5.41, 5.74) is 1.96. The molecule has 3 amide bonds. The lowest BCUT2D eigenvalue weighted by Gasteiger charge is -2.33. The third kappa shape index (κ3) is 7.91. The van der Waals surface area contributed by atoms with Crippen LogP contribution < -0.4 is 10.6 Å². The number of carbonyl (C=O) groups is 4. The minimum atomic E-state index is -0.766. The van der Waals surface area contributed by atoms with Gasteiger partial charge < -0.3 is 20.3 Å². The molecule has 0 bridgehead atoms. The molecule has 2 aromatic rings. The van der Waals surface area contributed by atoms with Gasteiger partial charge in [0.1, 0.15) is 6.04 Å². The minimum absolute atomic E-state index is 0.0631. The lowest BCUT2D eigenvalue weighted by atomic mass is 10.1. The van der Waals surface area contributed by atoms with Gasteiger partial charge in [-0.05, 0) is 30.2 Å². The predicted molar refractivity (Wildman–Crippen MR) is 136 cm³/mol. The Bertz CT molecular complexity index is 1060. The van der Waals surface area contributed by atoms with E-state index in [1.54, 1.807) is 41.1 Å². The number of benzene rings is 2. The highest BCUT2D eigenvalue weighted by Gasteiger charge is 2.33. The third-order valence-corrected chi connectivity index (χ3v) is 5.91. The lowest BCUT2D eigenvalue weighted by molar-refractivity contribution is -0.149. The second kappa shape index (κ2) is 13.4. The molecule has 0 aliphatic carbocycles. The van der Waals surface area contributed by atoms with Gasteiger partial charge in [-0.2, -0.15) is 0 Å². The zero-order valence-electron chi connectivity index (χ0n) is 20.9. The molecule has 2 N–H and O–H groups in total. The average molecular weight is 495 g/mol. The SMILES string of the molecule is CCCCOC(=O)CC1C(=O)NCCN1CC(=O)Nc1cccc(C(=O)N(C)Cc2ccccc2)c1. The molecule has 9 nitrogen and oxygen atoms in total. The summed E-state index contributed by atoms with van der Waals surface area (Å²) >= 11 is 0. The van der Waals surface area contributed by atoms with E-state index in [4.69, 9.17) is 4.74 Å². The van der Waals surface area contributed by atoms with Gasteiger partial charge in [-0.25, -0.2) is 0 Å². The van der Waals surface area contributed by atoms with Gasteiger partial charge in [0.25, 0.3) is 5.91 Å². The van der Waals surface area contributed by atoms with Crippen LogP contribution >= 0.6 is 0 Å². The van der Waals surface area contributed by atoms with Crippen LogP contribution in [-0.2, 0) is 25.7 Å². The standard InChI is InChI=1S/C27H34N4O5/c1-3-4-15-36-25(33)17-23-26(34)28-13-14-31(23)19-24(32)29-22-12-8-11-21(16-22)27(35)30(2)18-20-9-6-5-7-10-20/h5-12,16,23H,3-4,13-15,17-19H2,1-2H3,(H,28,34)(H,29,32). The maximum atomic E-state index is 12.9. The molecule has 1 atom stereocenters. The van der Waals surface area contributed by atoms with Crippen molar-refractivity contribution < 1.29 is 23.9 Å². The van der Waals surface area contributed by atoms with Crippen LogP contribution in [0.4, 0.5) is 5.69 Å². The largest absolute Gasteiger partial charge is 0.466 e. The Morgan fingerprint density at radius 1 is 1.14 bits per heavy atom. The summed E-state index contributed by atoms with van der Waals surface area (Å²) in [5.74, 6) is -1.25. The molecule has 1 aliphatic heterocycles. The molecule has 0 aromatic heterocycles. The first-order valence-electron chi connectivity index (χ1n) is 12.2. The number of carbonyl (C=O) groups excluding carboxylic acids is 4. The van der Waals surface area contributed by atoms with Crippen LogP contribution in [0.1, 0.15) is 42.1 Å². The van der Waals surface area contributed by atoms with Crippen molar-refractivity contribution in [3.63, 3.8) is 0 Å². The minimum Gasteiger partial charge on any atom is -0.466 e. The van der Waals surface area contributed by atoms with Crippen molar-refractivity contribution in [2.75, 3.05) is 38.6 Å². The Labute approximate surface area is 211 Å². The Morgan fingerprint density at radius 3 is 2.67 bits per heavy atom. The maximum Gasteiger partial charge on any atom is 0.307 e. The molecule has 192 valence electrons. The summed E-state index contributed by atoms with van der Waals surface area (Å²) < 4.78 is 5.19. The lowest BCUT2D eigenvalue weighted by Crippen LogP contribution is -2.57. The number of piperazine rings is 1. The van der Waals surface area contributed by atoms with Gasteiger partial charge in [-0.15, -0.1) is 0 Å². The van der Waals surface area contributed by atoms with E-state index in [1.165, 1.54) is 0 Å². The predicted octanol–water partition coefficient (Wildman–Crippen LogP) is 2.43. The van der Waals surface area contributed by atoms with Gasteiger partial charge in [0.2, 0.25) is 11.8 Å². The van der Waals surface area contributed by atoms with Crippen molar-refractivity contribution in [1.29, 1.82) is 0 Å². The van der Waals surface area contributed by atoms with Crippen molar-refractivity contribution >= 4 is 29.4 Å². The summed E-state index contributed by atoms with van der Waals surface area (Å²) in [6.07, 6.45) is 1.55. The molecule has 36 heavy (non-hydrogen) atoms. The van der Waals surface area contributed by atoms with Crippen molar-refractivity contribution in [3.05, 3.63) is 65.7 Å². The topological polar surface area (TPSA) is 108 Å². The Kier molecular flexibility index (Phi) is 10.00. The van der Waals surface area contributed by atoms with E-state index in [0.717, 1.165) is 18.4 Å². The van der Waals surface area contributed by atoms with Crippen molar-refractivity contribution in [1.82, 2.24) is 15.1 Å². The molecule has 0 radical (unpaired) electrons. The summed E-state index contributed by atoms with van der Waals surface area (Å²) in [4.78, 5) is 53.5. The number of amides is 3. The second-order valence-corrected chi connectivity index (χ2v) is 8.83. The number of nitrogens with one attached hydrogen (secondary N) is 2. The van der Waals surface area contributed by atoms with Gasteiger partial charge in [-0.3, -0.25) is 24.1 Å². The zero-order valence-corrected chi connectivity index (χ0v) is 20.9. The van der Waals surface area contributed by atoms with Gasteiger partial charge >= 0.3 is 5.97 Å². The van der Waals surface area contributed by atoms with Crippen LogP contribution in [0.25, 0.3) is 0 Å². The molecule has 1 fully saturated rings. The van der Waals surface area contributed by atoms with Crippen LogP contribution in [0.3, 0.4) is 0 Å². The molecule has 1 heterocycles. The Morgan fingerprint density at radius 2 is 1.92 bits per heavy atom. The first kappa shape index (κ1) is 26.9. The molecular weight excluding hydrogens is 460 g/mol. The molecule has 0 saturated carbocycles. The zero-order chi connectivity index (χ0) is 25.9. The fraction of sp³-hybridized carbons (Fsp3) is 0.407. The van der Waals surface area contributed by atoms with Crippen LogP contribution in [-0.4, -0.2) is 72.8 Å². The molecule has 1 aliphatic rings. The number of anilines is 1. The first-order valence-corrected chi connectivity index (χ1v) is 12.2. The van der Waals surface area contributed by atoms with Gasteiger partial charge in [0.15, 0.2) is 0 Å². The van der Waals surface area contributed by atoms with Crippen LogP contribution in [0.2, 0.25) is 0 Å². The summed E-state index contributed by atoms with van der Waals surface area (Å²) in [7, 11) is 1.73. The monoisotopic (exact) mass is 494 g/mol. The number of esters is 1. The average Bonchev–Trinajstić information content (AvgIpc) is 2.86. The van der Waals surface area contributed by atoms with Gasteiger partial charge in [-0.1, -0.05) is 49.7 Å². The van der Waals surface area contributed by atoms with Crippen LogP contribution in [0.5, 0.6) is 0 Å². The molecule has 1 saturated heterocycles. The number of nitrogens with zero attached hydrogens (tertiary/aromatic N) is 2. The third-order valence-electron chi connectivity index (χ3n) is 5.91. The number of hydrogen-bond donors (Lipinski definition) is 2. The van der Waals surface area contributed by atoms with Crippen LogP contribution in [0, 0.1) is 0 Å². The fourth-order valence-corrected chi connectivity index (χ4v) is 3.98. The van der Waals surface area contributed by atoms with E-state index in [9.17, 15) is 19.2 Å². The van der Waals surface area contributed by atoms with E-state index in [2.05, 4.69) is 10.6 Å². The van der Waals surface area contributed by atoms with E-state index >= 15 is 0 Å². The Balaban J connectivity index is 1.58. The smallest absolute Gasteiger partial charge is 0.307 e. The molecule has 0 spiro atoms. The summed E-state index contributed by atoms with van der Waals surface area (Å²) in [5, 5.41) is 5.55. The maximum absolute atomic E-state index is 12.9. The van der Waals surface area contributed by atoms with E-state index in [1.807, 2.05) is 37.3 Å². The normalized spacial score (nSPS) is 15.6. The second-order valence-electron chi connectivity index (χ2n) is 8.83. The van der Waals surface area contributed by atoms with Crippen molar-refractivity contribution in [2.24, 2.45) is 0 Å². The quantitative estimate of drug-likeness (QED) is 0.367. The fourth-order valence-electron chi connectivity index (χ4n) is 3.98. The summed E-state index contributed by atoms with van der Waals surface area (Å²) in [6.45, 7) is 3.55. The molecule has 3 rings (SSSR count). The van der Waals surface area contributed by atoms with Gasteiger partial charge in [0, 0.05) is 37.9 Å². The number of ether oxygens (including phenoxy) is 1. The molecule has 1 unspecified atom stereocenters. The highest BCUT2D eigenvalue weighted by atomic mass is 16.5. The van der Waals surface area contributed by atoms with E-state index in [0.29, 0.717) is 37.5 Å². The van der Waals surface area contributed by atoms with E-state index < -0.39 is 12.0 Å².